The Balaban J connectivity index is 1.94. The lowest BCUT2D eigenvalue weighted by Gasteiger charge is -2.46. The van der Waals surface area contributed by atoms with E-state index in [1.165, 1.54) is 12.8 Å². The van der Waals surface area contributed by atoms with Crippen LogP contribution in [0.5, 0.6) is 0 Å². The Morgan fingerprint density at radius 2 is 2.36 bits per heavy atom. The van der Waals surface area contributed by atoms with E-state index < -0.39 is 0 Å². The third-order valence-corrected chi connectivity index (χ3v) is 3.89. The van der Waals surface area contributed by atoms with E-state index in [1.54, 1.807) is 11.9 Å². The molecule has 0 radical (unpaired) electrons. The summed E-state index contributed by atoms with van der Waals surface area (Å²) in [6, 6.07) is 0. The molecule has 0 spiro atoms. The summed E-state index contributed by atoms with van der Waals surface area (Å²) in [5, 5.41) is 0. The molecule has 0 saturated heterocycles. The quantitative estimate of drug-likeness (QED) is 0.700. The third-order valence-electron chi connectivity index (χ3n) is 3.28. The third kappa shape index (κ3) is 1.91. The molecule has 1 saturated carbocycles. The highest BCUT2D eigenvalue weighted by Crippen LogP contribution is 2.48. The Labute approximate surface area is 90.1 Å². The molecule has 1 aliphatic heterocycles. The van der Waals surface area contributed by atoms with Gasteiger partial charge in [-0.25, -0.2) is 0 Å². The van der Waals surface area contributed by atoms with Crippen molar-refractivity contribution in [2.24, 2.45) is 28.0 Å². The van der Waals surface area contributed by atoms with Crippen LogP contribution < -0.4 is 10.5 Å². The van der Waals surface area contributed by atoms with Gasteiger partial charge in [0, 0.05) is 12.5 Å². The van der Waals surface area contributed by atoms with E-state index in [2.05, 4.69) is 23.6 Å². The number of rotatable bonds is 3. The Morgan fingerprint density at radius 3 is 2.79 bits per heavy atom. The summed E-state index contributed by atoms with van der Waals surface area (Å²) in [4.78, 5) is 4.45. The molecule has 1 fully saturated rings. The molecule has 14 heavy (non-hydrogen) atoms. The molecule has 1 unspecified atom stereocenters. The van der Waals surface area contributed by atoms with E-state index in [0.29, 0.717) is 11.3 Å². The number of aliphatic imine (C=N–C) groups is 1. The fraction of sp³-hybridized carbons (Fsp3) is 0.900. The van der Waals surface area contributed by atoms with E-state index in [9.17, 15) is 0 Å². The number of amidine groups is 1. The first kappa shape index (κ1) is 10.3. The highest BCUT2D eigenvalue weighted by atomic mass is 32.2. The predicted molar refractivity (Wildman–Crippen MR) is 62.1 cm³/mol. The molecule has 1 heterocycles. The second-order valence-electron chi connectivity index (χ2n) is 5.09. The molecule has 0 amide bonds. The minimum atomic E-state index is 0.470. The molecule has 2 rings (SSSR count). The minimum Gasteiger partial charge on any atom is -0.330 e. The van der Waals surface area contributed by atoms with Gasteiger partial charge in [0.05, 0.1) is 0 Å². The average molecular weight is 213 g/mol. The lowest BCUT2D eigenvalue weighted by atomic mass is 9.60. The van der Waals surface area contributed by atoms with E-state index in [0.717, 1.165) is 24.2 Å². The van der Waals surface area contributed by atoms with Gasteiger partial charge in [0.1, 0.15) is 11.7 Å². The van der Waals surface area contributed by atoms with Crippen molar-refractivity contribution in [3.8, 4) is 0 Å². The second-order valence-corrected chi connectivity index (χ2v) is 5.84. The van der Waals surface area contributed by atoms with Gasteiger partial charge >= 0.3 is 0 Å². The molecule has 0 bridgehead atoms. The van der Waals surface area contributed by atoms with Gasteiger partial charge in [-0.1, -0.05) is 13.8 Å². The van der Waals surface area contributed by atoms with Crippen molar-refractivity contribution in [2.75, 3.05) is 12.4 Å². The topological polar surface area (TPSA) is 50.4 Å². The fourth-order valence-corrected chi connectivity index (χ4v) is 3.24. The number of hydrogen-bond donors (Lipinski definition) is 2. The summed E-state index contributed by atoms with van der Waals surface area (Å²) < 4.78 is 3.27. The zero-order valence-corrected chi connectivity index (χ0v) is 9.73. The van der Waals surface area contributed by atoms with Gasteiger partial charge in [0.15, 0.2) is 0 Å². The van der Waals surface area contributed by atoms with Gasteiger partial charge in [0.2, 0.25) is 0 Å². The molecule has 2 aliphatic rings. The largest absolute Gasteiger partial charge is 0.330 e. The maximum absolute atomic E-state index is 5.82. The maximum Gasteiger partial charge on any atom is 0.112 e. The van der Waals surface area contributed by atoms with Gasteiger partial charge < -0.3 is 10.5 Å². The fourth-order valence-electron chi connectivity index (χ4n) is 2.60. The lowest BCUT2D eigenvalue weighted by Crippen LogP contribution is -2.44. The van der Waals surface area contributed by atoms with Crippen LogP contribution in [0.4, 0.5) is 0 Å². The molecular formula is C10H19N3S. The summed E-state index contributed by atoms with van der Waals surface area (Å²) in [7, 11) is 0. The molecule has 0 aromatic carbocycles. The molecule has 80 valence electrons. The zero-order valence-electron chi connectivity index (χ0n) is 8.92. The van der Waals surface area contributed by atoms with Crippen LogP contribution in [0.25, 0.3) is 0 Å². The Hall–Kier alpha value is -0.220. The zero-order chi connectivity index (χ0) is 10.2. The lowest BCUT2D eigenvalue weighted by molar-refractivity contribution is 0.0725. The Bertz CT molecular complexity index is 242. The van der Waals surface area contributed by atoms with E-state index >= 15 is 0 Å². The number of nitrogens with one attached hydrogen (secondary N) is 1. The van der Waals surface area contributed by atoms with Gasteiger partial charge in [-0.05, 0) is 36.1 Å². The molecule has 1 aliphatic carbocycles. The summed E-state index contributed by atoms with van der Waals surface area (Å²) in [6.45, 7) is 5.39. The van der Waals surface area contributed by atoms with Crippen molar-refractivity contribution in [3.63, 3.8) is 0 Å². The second kappa shape index (κ2) is 3.74. The van der Waals surface area contributed by atoms with Crippen molar-refractivity contribution < 1.29 is 0 Å². The molecule has 0 aromatic heterocycles. The monoisotopic (exact) mass is 213 g/mol. The number of nitrogens with zero attached hydrogens (tertiary/aromatic N) is 1. The van der Waals surface area contributed by atoms with E-state index in [4.69, 9.17) is 5.73 Å². The molecule has 3 nitrogen and oxygen atoms in total. The Kier molecular flexibility index (Phi) is 2.75. The van der Waals surface area contributed by atoms with Gasteiger partial charge in [0.25, 0.3) is 0 Å². The SMILES string of the molecule is CC1(C)CC(C(CN)C2=NCSN2)C1. The smallest absolute Gasteiger partial charge is 0.112 e. The van der Waals surface area contributed by atoms with Crippen LogP contribution in [0.3, 0.4) is 0 Å². The minimum absolute atomic E-state index is 0.470. The first-order valence-corrected chi connectivity index (χ1v) is 6.23. The van der Waals surface area contributed by atoms with E-state index in [-0.39, 0.29) is 0 Å². The molecule has 1 atom stereocenters. The average Bonchev–Trinajstić information content (AvgIpc) is 2.55. The molecule has 0 aromatic rings. The number of hydrogen-bond acceptors (Lipinski definition) is 4. The van der Waals surface area contributed by atoms with Gasteiger partial charge in [-0.15, -0.1) is 0 Å². The van der Waals surface area contributed by atoms with Crippen molar-refractivity contribution in [2.45, 2.75) is 26.7 Å². The molecule has 4 heteroatoms. The van der Waals surface area contributed by atoms with Crippen LogP contribution in [-0.4, -0.2) is 18.3 Å². The van der Waals surface area contributed by atoms with Gasteiger partial charge in [-0.2, -0.15) is 0 Å². The van der Waals surface area contributed by atoms with Crippen molar-refractivity contribution in [1.29, 1.82) is 0 Å². The first-order chi connectivity index (χ1) is 6.62. The van der Waals surface area contributed by atoms with Crippen LogP contribution >= 0.6 is 11.9 Å². The van der Waals surface area contributed by atoms with Crippen LogP contribution in [0.15, 0.2) is 4.99 Å². The standard InChI is InChI=1S/C10H19N3S/c1-10(2)3-7(4-10)8(5-11)9-12-6-14-13-9/h7-8H,3-6,11H2,1-2H3,(H,12,13). The van der Waals surface area contributed by atoms with Crippen LogP contribution in [-0.2, 0) is 0 Å². The predicted octanol–water partition coefficient (Wildman–Crippen LogP) is 1.60. The maximum atomic E-state index is 5.82. The van der Waals surface area contributed by atoms with Gasteiger partial charge in [-0.3, -0.25) is 4.99 Å². The summed E-state index contributed by atoms with van der Waals surface area (Å²) >= 11 is 1.67. The van der Waals surface area contributed by atoms with Crippen LogP contribution in [0, 0.1) is 17.3 Å². The molecular weight excluding hydrogens is 194 g/mol. The summed E-state index contributed by atoms with van der Waals surface area (Å²) in [5.41, 5.74) is 6.35. The van der Waals surface area contributed by atoms with Crippen molar-refractivity contribution in [1.82, 2.24) is 4.72 Å². The van der Waals surface area contributed by atoms with E-state index in [1.807, 2.05) is 0 Å². The van der Waals surface area contributed by atoms with Crippen LogP contribution in [0.1, 0.15) is 26.7 Å². The summed E-state index contributed by atoms with van der Waals surface area (Å²) in [5.74, 6) is 3.21. The Morgan fingerprint density at radius 1 is 1.64 bits per heavy atom. The van der Waals surface area contributed by atoms with Crippen molar-refractivity contribution >= 4 is 17.8 Å². The highest BCUT2D eigenvalue weighted by Gasteiger charge is 2.42. The highest BCUT2D eigenvalue weighted by molar-refractivity contribution is 7.98. The molecule has 3 N–H and O–H groups in total. The van der Waals surface area contributed by atoms with Crippen molar-refractivity contribution in [3.05, 3.63) is 0 Å². The van der Waals surface area contributed by atoms with Crippen LogP contribution in [0.2, 0.25) is 0 Å². The first-order valence-electron chi connectivity index (χ1n) is 5.24. The number of nitrogens with two attached hydrogens (primary N) is 1. The summed E-state index contributed by atoms with van der Waals surface area (Å²) in [6.07, 6.45) is 2.58. The normalized spacial score (nSPS) is 27.8.